The summed E-state index contributed by atoms with van der Waals surface area (Å²) >= 11 is 7.94. The van der Waals surface area contributed by atoms with Crippen LogP contribution in [0.5, 0.6) is 0 Å². The minimum absolute atomic E-state index is 0.0489. The van der Waals surface area contributed by atoms with E-state index in [9.17, 15) is 14.4 Å². The second-order valence-electron chi connectivity index (χ2n) is 12.5. The highest BCUT2D eigenvalue weighted by atomic mass is 35.5. The molecule has 5 heterocycles. The zero-order chi connectivity index (χ0) is 32.8. The molecule has 0 spiro atoms. The minimum atomic E-state index is -0.491. The first-order valence-electron chi connectivity index (χ1n) is 16.0. The summed E-state index contributed by atoms with van der Waals surface area (Å²) in [5.41, 5.74) is 6.08. The summed E-state index contributed by atoms with van der Waals surface area (Å²) in [5, 5.41) is 13.1. The summed E-state index contributed by atoms with van der Waals surface area (Å²) in [6.45, 7) is 9.72. The molecule has 2 fully saturated rings. The number of piperazine rings is 1. The third-order valence-electron chi connectivity index (χ3n) is 9.48. The summed E-state index contributed by atoms with van der Waals surface area (Å²) in [7, 11) is 0. The summed E-state index contributed by atoms with van der Waals surface area (Å²) in [6, 6.07) is 15.3. The number of fused-ring (bicyclic) bond motifs is 3. The second-order valence-corrected chi connectivity index (χ2v) is 14.2. The van der Waals surface area contributed by atoms with Crippen molar-refractivity contribution in [2.75, 3.05) is 26.2 Å². The highest BCUT2D eigenvalue weighted by molar-refractivity contribution is 7.15. The number of rotatable bonds is 6. The lowest BCUT2D eigenvalue weighted by Crippen LogP contribution is -2.48. The van der Waals surface area contributed by atoms with Crippen molar-refractivity contribution in [2.45, 2.75) is 58.5 Å². The number of benzene rings is 2. The Bertz CT molecular complexity index is 1890. The molecule has 2 atom stereocenters. The lowest BCUT2D eigenvalue weighted by atomic mass is 9.90. The fraction of sp³-hybridized carbons (Fsp3) is 0.371. The van der Waals surface area contributed by atoms with Gasteiger partial charge in [-0.3, -0.25) is 34.2 Å². The predicted octanol–water partition coefficient (Wildman–Crippen LogP) is 5.05. The zero-order valence-electron chi connectivity index (χ0n) is 26.6. The van der Waals surface area contributed by atoms with Crippen molar-refractivity contribution < 1.29 is 14.4 Å². The van der Waals surface area contributed by atoms with Crippen molar-refractivity contribution in [3.63, 3.8) is 0 Å². The third kappa shape index (κ3) is 6.15. The smallest absolute Gasteiger partial charge is 0.234 e. The molecule has 1 unspecified atom stereocenters. The van der Waals surface area contributed by atoms with Crippen LogP contribution in [-0.2, 0) is 20.9 Å². The van der Waals surface area contributed by atoms with E-state index in [0.29, 0.717) is 36.8 Å². The minimum Gasteiger partial charge on any atom is -0.340 e. The molecule has 0 bridgehead atoms. The molecule has 3 aliphatic heterocycles. The lowest BCUT2D eigenvalue weighted by molar-refractivity contribution is -0.135. The first-order chi connectivity index (χ1) is 22.7. The molecule has 0 radical (unpaired) electrons. The van der Waals surface area contributed by atoms with E-state index >= 15 is 0 Å². The molecule has 47 heavy (non-hydrogen) atoms. The highest BCUT2D eigenvalue weighted by Gasteiger charge is 2.34. The van der Waals surface area contributed by atoms with Gasteiger partial charge in [0.05, 0.1) is 18.1 Å². The zero-order valence-corrected chi connectivity index (χ0v) is 28.2. The standard InChI is InChI=1S/C35H36ClN7O3S/c1-20-21(2)47-35-31(20)32(25-8-10-26(36)11-9-25)37-28(33-40-39-22(3)43(33)35)18-30(45)42-16-14-41(15-17-42)19-23-4-6-24(7-5-23)27-12-13-29(44)38-34(27)46/h4-11,27-28H,12-19H2,1-3H3,(H,38,44,46)/t27?,28-/m0/s1. The first kappa shape index (κ1) is 31.4. The van der Waals surface area contributed by atoms with Gasteiger partial charge in [0.15, 0.2) is 5.82 Å². The number of amides is 3. The van der Waals surface area contributed by atoms with Crippen LogP contribution in [0.25, 0.3) is 5.00 Å². The van der Waals surface area contributed by atoms with Crippen molar-refractivity contribution in [1.29, 1.82) is 0 Å². The maximum atomic E-state index is 13.8. The number of aromatic nitrogens is 3. The maximum absolute atomic E-state index is 13.8. The van der Waals surface area contributed by atoms with E-state index in [0.717, 1.165) is 64.0 Å². The Labute approximate surface area is 282 Å². The van der Waals surface area contributed by atoms with Crippen LogP contribution in [0.15, 0.2) is 53.5 Å². The van der Waals surface area contributed by atoms with Crippen LogP contribution in [-0.4, -0.2) is 74.2 Å². The number of aliphatic imine (C=N–C) groups is 1. The quantitative estimate of drug-likeness (QED) is 0.288. The van der Waals surface area contributed by atoms with Crippen LogP contribution in [0, 0.1) is 20.8 Å². The molecule has 12 heteroatoms. The van der Waals surface area contributed by atoms with Gasteiger partial charge in [0.25, 0.3) is 0 Å². The largest absolute Gasteiger partial charge is 0.340 e. The molecular formula is C35H36ClN7O3S. The van der Waals surface area contributed by atoms with Crippen molar-refractivity contribution >= 4 is 46.4 Å². The number of carbonyl (C=O) groups is 3. The van der Waals surface area contributed by atoms with Crippen LogP contribution < -0.4 is 5.32 Å². The van der Waals surface area contributed by atoms with E-state index in [2.05, 4.69) is 51.0 Å². The van der Waals surface area contributed by atoms with Crippen molar-refractivity contribution in [3.05, 3.63) is 97.9 Å². The van der Waals surface area contributed by atoms with Gasteiger partial charge in [-0.2, -0.15) is 0 Å². The Morgan fingerprint density at radius 1 is 0.979 bits per heavy atom. The molecular weight excluding hydrogens is 634 g/mol. The molecule has 0 saturated carbocycles. The van der Waals surface area contributed by atoms with E-state index in [-0.39, 0.29) is 30.1 Å². The first-order valence-corrected chi connectivity index (χ1v) is 17.1. The topological polar surface area (TPSA) is 113 Å². The Balaban J connectivity index is 1.05. The number of nitrogens with zero attached hydrogens (tertiary/aromatic N) is 6. The number of hydrogen-bond donors (Lipinski definition) is 1. The van der Waals surface area contributed by atoms with Gasteiger partial charge in [0.2, 0.25) is 17.7 Å². The van der Waals surface area contributed by atoms with Crippen LogP contribution in [0.1, 0.15) is 75.6 Å². The van der Waals surface area contributed by atoms with Gasteiger partial charge in [-0.1, -0.05) is 48.0 Å². The number of carbonyl (C=O) groups excluding carboxylic acids is 3. The van der Waals surface area contributed by atoms with Crippen LogP contribution in [0.4, 0.5) is 0 Å². The average molecular weight is 670 g/mol. The van der Waals surface area contributed by atoms with Crippen LogP contribution in [0.2, 0.25) is 5.02 Å². The Morgan fingerprint density at radius 3 is 2.40 bits per heavy atom. The average Bonchev–Trinajstić information content (AvgIpc) is 3.54. The summed E-state index contributed by atoms with van der Waals surface area (Å²) in [5.74, 6) is 0.794. The molecule has 2 aromatic heterocycles. The number of halogens is 1. The van der Waals surface area contributed by atoms with E-state index in [1.54, 1.807) is 11.3 Å². The Hall–Kier alpha value is -4.19. The van der Waals surface area contributed by atoms with E-state index in [1.807, 2.05) is 48.2 Å². The van der Waals surface area contributed by atoms with Gasteiger partial charge in [-0.05, 0) is 56.0 Å². The van der Waals surface area contributed by atoms with Crippen molar-refractivity contribution in [3.8, 4) is 5.00 Å². The lowest BCUT2D eigenvalue weighted by Gasteiger charge is -2.35. The number of piperidine rings is 1. The molecule has 7 rings (SSSR count). The molecule has 2 saturated heterocycles. The molecule has 3 aliphatic rings. The van der Waals surface area contributed by atoms with Gasteiger partial charge in [-0.15, -0.1) is 21.5 Å². The number of thiophene rings is 1. The highest BCUT2D eigenvalue weighted by Crippen LogP contribution is 2.40. The van der Waals surface area contributed by atoms with Crippen molar-refractivity contribution in [2.24, 2.45) is 4.99 Å². The van der Waals surface area contributed by atoms with Gasteiger partial charge in [0.1, 0.15) is 16.9 Å². The van der Waals surface area contributed by atoms with Crippen molar-refractivity contribution in [1.82, 2.24) is 29.9 Å². The summed E-state index contributed by atoms with van der Waals surface area (Å²) in [4.78, 5) is 48.3. The monoisotopic (exact) mass is 669 g/mol. The molecule has 2 aromatic carbocycles. The fourth-order valence-corrected chi connectivity index (χ4v) is 8.05. The normalized spacial score (nSPS) is 19.9. The molecule has 1 N–H and O–H groups in total. The Kier molecular flexibility index (Phi) is 8.54. The van der Waals surface area contributed by atoms with E-state index < -0.39 is 6.04 Å². The summed E-state index contributed by atoms with van der Waals surface area (Å²) in [6.07, 6.45) is 1.11. The van der Waals surface area contributed by atoms with Gasteiger partial charge >= 0.3 is 0 Å². The van der Waals surface area contributed by atoms with E-state index in [4.69, 9.17) is 16.6 Å². The maximum Gasteiger partial charge on any atom is 0.234 e. The molecule has 4 aromatic rings. The number of nitrogens with one attached hydrogen (secondary N) is 1. The van der Waals surface area contributed by atoms with Crippen LogP contribution >= 0.6 is 22.9 Å². The predicted molar refractivity (Wildman–Crippen MR) is 181 cm³/mol. The third-order valence-corrected chi connectivity index (χ3v) is 10.9. The Morgan fingerprint density at radius 2 is 1.70 bits per heavy atom. The molecule has 3 amide bonds. The van der Waals surface area contributed by atoms with Gasteiger partial charge in [0, 0.05) is 60.2 Å². The number of imide groups is 1. The van der Waals surface area contributed by atoms with Gasteiger partial charge in [-0.25, -0.2) is 0 Å². The second kappa shape index (κ2) is 12.8. The number of aryl methyl sites for hydroxylation is 2. The van der Waals surface area contributed by atoms with E-state index in [1.165, 1.54) is 4.88 Å². The molecule has 10 nitrogen and oxygen atoms in total. The summed E-state index contributed by atoms with van der Waals surface area (Å²) < 4.78 is 2.08. The SMILES string of the molecule is Cc1sc2c(c1C)C(c1ccc(Cl)cc1)=N[C@@H](CC(=O)N1CCN(Cc3ccc(C4CCC(=O)NC4=O)cc3)CC1)c1nnc(C)n1-2. The van der Waals surface area contributed by atoms with Crippen LogP contribution in [0.3, 0.4) is 0 Å². The molecule has 0 aliphatic carbocycles. The fourth-order valence-electron chi connectivity index (χ4n) is 6.71. The molecule has 242 valence electrons. The number of hydrogen-bond acceptors (Lipinski definition) is 8. The van der Waals surface area contributed by atoms with Gasteiger partial charge < -0.3 is 4.90 Å².